The fourth-order valence-electron chi connectivity index (χ4n) is 2.20. The lowest BCUT2D eigenvalue weighted by Gasteiger charge is -2.15. The van der Waals surface area contributed by atoms with E-state index in [1.165, 1.54) is 10.6 Å². The largest absolute Gasteiger partial charge is 0.319 e. The monoisotopic (exact) mass is 260 g/mol. The van der Waals surface area contributed by atoms with Gasteiger partial charge < -0.3 is 5.32 Å². The summed E-state index contributed by atoms with van der Waals surface area (Å²) in [7, 11) is 2.02. The highest BCUT2D eigenvalue weighted by Gasteiger charge is 2.12. The van der Waals surface area contributed by atoms with Crippen LogP contribution in [0.4, 0.5) is 0 Å². The van der Waals surface area contributed by atoms with Gasteiger partial charge in [-0.2, -0.15) is 0 Å². The Kier molecular flexibility index (Phi) is 4.90. The second-order valence-electron chi connectivity index (χ2n) is 4.70. The minimum atomic E-state index is 0.614. The molecule has 1 aromatic heterocycles. The SMILES string of the molecule is CNCC(Cc1ccccc1)Cc1nc(C)cs1. The summed E-state index contributed by atoms with van der Waals surface area (Å²) in [5, 5.41) is 6.68. The van der Waals surface area contributed by atoms with Crippen molar-refractivity contribution in [1.29, 1.82) is 0 Å². The zero-order chi connectivity index (χ0) is 12.8. The van der Waals surface area contributed by atoms with Crippen LogP contribution in [-0.2, 0) is 12.8 Å². The molecule has 1 aromatic carbocycles. The van der Waals surface area contributed by atoms with Gasteiger partial charge in [-0.1, -0.05) is 30.3 Å². The Morgan fingerprint density at radius 1 is 1.22 bits per heavy atom. The molecule has 96 valence electrons. The number of aromatic nitrogens is 1. The number of aryl methyl sites for hydroxylation is 1. The van der Waals surface area contributed by atoms with E-state index in [0.717, 1.165) is 25.1 Å². The second-order valence-corrected chi connectivity index (χ2v) is 5.64. The first-order valence-corrected chi connectivity index (χ1v) is 7.25. The van der Waals surface area contributed by atoms with Crippen molar-refractivity contribution < 1.29 is 0 Å². The van der Waals surface area contributed by atoms with Crippen LogP contribution >= 0.6 is 11.3 Å². The number of thiazole rings is 1. The van der Waals surface area contributed by atoms with Crippen LogP contribution in [0.3, 0.4) is 0 Å². The summed E-state index contributed by atoms with van der Waals surface area (Å²) in [6.07, 6.45) is 2.18. The van der Waals surface area contributed by atoms with Crippen molar-refractivity contribution >= 4 is 11.3 Å². The van der Waals surface area contributed by atoms with Gasteiger partial charge in [-0.25, -0.2) is 4.98 Å². The third-order valence-corrected chi connectivity index (χ3v) is 3.98. The van der Waals surface area contributed by atoms with E-state index >= 15 is 0 Å². The van der Waals surface area contributed by atoms with E-state index < -0.39 is 0 Å². The van der Waals surface area contributed by atoms with E-state index in [2.05, 4.69) is 52.9 Å². The maximum absolute atomic E-state index is 4.57. The van der Waals surface area contributed by atoms with E-state index in [4.69, 9.17) is 0 Å². The molecule has 2 aromatic rings. The van der Waals surface area contributed by atoms with E-state index in [9.17, 15) is 0 Å². The Morgan fingerprint density at radius 3 is 2.61 bits per heavy atom. The van der Waals surface area contributed by atoms with Crippen LogP contribution in [0.25, 0.3) is 0 Å². The van der Waals surface area contributed by atoms with Gasteiger partial charge in [-0.3, -0.25) is 0 Å². The van der Waals surface area contributed by atoms with Crippen molar-refractivity contribution in [3.05, 3.63) is 52.0 Å². The number of benzene rings is 1. The Hall–Kier alpha value is -1.19. The van der Waals surface area contributed by atoms with Gasteiger partial charge in [0.05, 0.1) is 5.01 Å². The molecule has 2 nitrogen and oxygen atoms in total. The van der Waals surface area contributed by atoms with E-state index in [1.807, 2.05) is 7.05 Å². The summed E-state index contributed by atoms with van der Waals surface area (Å²) in [4.78, 5) is 4.57. The van der Waals surface area contributed by atoms with Crippen LogP contribution in [0.5, 0.6) is 0 Å². The molecular formula is C15H20N2S. The summed E-state index contributed by atoms with van der Waals surface area (Å²) in [6, 6.07) is 10.7. The maximum atomic E-state index is 4.57. The molecule has 0 aliphatic heterocycles. The Morgan fingerprint density at radius 2 is 2.00 bits per heavy atom. The first kappa shape index (κ1) is 13.2. The molecule has 0 spiro atoms. The van der Waals surface area contributed by atoms with Crippen LogP contribution in [0.1, 0.15) is 16.3 Å². The fraction of sp³-hybridized carbons (Fsp3) is 0.400. The molecule has 18 heavy (non-hydrogen) atoms. The van der Waals surface area contributed by atoms with Crippen molar-refractivity contribution in [3.8, 4) is 0 Å². The molecule has 0 aliphatic rings. The van der Waals surface area contributed by atoms with E-state index in [-0.39, 0.29) is 0 Å². The minimum Gasteiger partial charge on any atom is -0.319 e. The van der Waals surface area contributed by atoms with Gasteiger partial charge in [-0.15, -0.1) is 11.3 Å². The highest BCUT2D eigenvalue weighted by Crippen LogP contribution is 2.17. The van der Waals surface area contributed by atoms with Gasteiger partial charge in [0.25, 0.3) is 0 Å². The number of nitrogens with one attached hydrogen (secondary N) is 1. The van der Waals surface area contributed by atoms with Gasteiger partial charge in [0, 0.05) is 17.5 Å². The number of nitrogens with zero attached hydrogens (tertiary/aromatic N) is 1. The van der Waals surface area contributed by atoms with Crippen molar-refractivity contribution in [2.45, 2.75) is 19.8 Å². The Balaban J connectivity index is 1.99. The molecule has 1 N–H and O–H groups in total. The zero-order valence-electron chi connectivity index (χ0n) is 11.0. The quantitative estimate of drug-likeness (QED) is 0.863. The number of hydrogen-bond acceptors (Lipinski definition) is 3. The molecule has 2 rings (SSSR count). The summed E-state index contributed by atoms with van der Waals surface area (Å²) >= 11 is 1.78. The first-order chi connectivity index (χ1) is 8.78. The normalized spacial score (nSPS) is 12.6. The Labute approximate surface area is 113 Å². The average molecular weight is 260 g/mol. The lowest BCUT2D eigenvalue weighted by atomic mass is 9.96. The fourth-order valence-corrected chi connectivity index (χ4v) is 3.08. The third-order valence-electron chi connectivity index (χ3n) is 2.99. The molecule has 1 unspecified atom stereocenters. The molecule has 0 saturated heterocycles. The molecule has 0 fully saturated rings. The predicted octanol–water partition coefficient (Wildman–Crippen LogP) is 3.07. The third kappa shape index (κ3) is 3.93. The topological polar surface area (TPSA) is 24.9 Å². The molecule has 0 amide bonds. The number of hydrogen-bond donors (Lipinski definition) is 1. The highest BCUT2D eigenvalue weighted by molar-refractivity contribution is 7.09. The predicted molar refractivity (Wildman–Crippen MR) is 78.1 cm³/mol. The molecule has 0 aliphatic carbocycles. The van der Waals surface area contributed by atoms with Crippen LogP contribution in [0.15, 0.2) is 35.7 Å². The molecule has 1 heterocycles. The van der Waals surface area contributed by atoms with Gasteiger partial charge in [0.1, 0.15) is 0 Å². The van der Waals surface area contributed by atoms with Crippen LogP contribution in [-0.4, -0.2) is 18.6 Å². The smallest absolute Gasteiger partial charge is 0.0931 e. The van der Waals surface area contributed by atoms with Crippen molar-refractivity contribution in [3.63, 3.8) is 0 Å². The van der Waals surface area contributed by atoms with Crippen molar-refractivity contribution in [2.24, 2.45) is 5.92 Å². The molecule has 0 bridgehead atoms. The molecule has 3 heteroatoms. The summed E-state index contributed by atoms with van der Waals surface area (Å²) in [5.41, 5.74) is 2.55. The second kappa shape index (κ2) is 6.66. The van der Waals surface area contributed by atoms with Crippen LogP contribution < -0.4 is 5.32 Å². The highest BCUT2D eigenvalue weighted by atomic mass is 32.1. The maximum Gasteiger partial charge on any atom is 0.0931 e. The Bertz CT molecular complexity index is 464. The van der Waals surface area contributed by atoms with Gasteiger partial charge >= 0.3 is 0 Å². The van der Waals surface area contributed by atoms with Crippen molar-refractivity contribution in [1.82, 2.24) is 10.3 Å². The van der Waals surface area contributed by atoms with Gasteiger partial charge in [-0.05, 0) is 38.4 Å². The standard InChI is InChI=1S/C15H20N2S/c1-12-11-18-15(17-12)9-14(10-16-2)8-13-6-4-3-5-7-13/h3-7,11,14,16H,8-10H2,1-2H3. The van der Waals surface area contributed by atoms with Crippen molar-refractivity contribution in [2.75, 3.05) is 13.6 Å². The minimum absolute atomic E-state index is 0.614. The summed E-state index contributed by atoms with van der Waals surface area (Å²) in [5.74, 6) is 0.614. The van der Waals surface area contributed by atoms with Gasteiger partial charge in [0.2, 0.25) is 0 Å². The van der Waals surface area contributed by atoms with Crippen LogP contribution in [0, 0.1) is 12.8 Å². The lowest BCUT2D eigenvalue weighted by molar-refractivity contribution is 0.492. The van der Waals surface area contributed by atoms with Gasteiger partial charge in [0.15, 0.2) is 0 Å². The van der Waals surface area contributed by atoms with E-state index in [1.54, 1.807) is 11.3 Å². The zero-order valence-corrected chi connectivity index (χ0v) is 11.8. The molecular weight excluding hydrogens is 240 g/mol. The summed E-state index contributed by atoms with van der Waals surface area (Å²) < 4.78 is 0. The average Bonchev–Trinajstić information content (AvgIpc) is 2.76. The molecule has 0 saturated carbocycles. The first-order valence-electron chi connectivity index (χ1n) is 6.37. The number of rotatable bonds is 6. The lowest BCUT2D eigenvalue weighted by Crippen LogP contribution is -2.22. The molecule has 0 radical (unpaired) electrons. The molecule has 1 atom stereocenters. The van der Waals surface area contributed by atoms with E-state index in [0.29, 0.717) is 5.92 Å². The van der Waals surface area contributed by atoms with Crippen LogP contribution in [0.2, 0.25) is 0 Å². The summed E-state index contributed by atoms with van der Waals surface area (Å²) in [6.45, 7) is 3.10.